The third kappa shape index (κ3) is 2.70. The Hall–Kier alpha value is -1.99. The van der Waals surface area contributed by atoms with Crippen LogP contribution in [-0.2, 0) is 18.4 Å². The first kappa shape index (κ1) is 17.4. The van der Waals surface area contributed by atoms with Gasteiger partial charge in [0.2, 0.25) is 0 Å². The van der Waals surface area contributed by atoms with Gasteiger partial charge in [-0.3, -0.25) is 9.36 Å². The summed E-state index contributed by atoms with van der Waals surface area (Å²) in [7, 11) is 0. The minimum absolute atomic E-state index is 0.0434. The van der Waals surface area contributed by atoms with Crippen molar-refractivity contribution in [3.8, 4) is 23.6 Å². The van der Waals surface area contributed by atoms with Crippen molar-refractivity contribution in [1.29, 1.82) is 0 Å². The number of hydrogen-bond acceptors (Lipinski definition) is 3. The third-order valence-electron chi connectivity index (χ3n) is 5.88. The Morgan fingerprint density at radius 2 is 2.04 bits per heavy atom. The van der Waals surface area contributed by atoms with Crippen molar-refractivity contribution in [1.82, 2.24) is 9.55 Å². The Morgan fingerprint density at radius 1 is 1.27 bits per heavy atom. The Kier molecular flexibility index (Phi) is 4.67. The molecule has 2 aromatic rings. The molecule has 1 spiro atoms. The van der Waals surface area contributed by atoms with Crippen LogP contribution < -0.4 is 5.56 Å². The van der Waals surface area contributed by atoms with E-state index in [1.54, 1.807) is 0 Å². The zero-order valence-corrected chi connectivity index (χ0v) is 16.1. The number of aromatic nitrogens is 2. The molecule has 0 saturated heterocycles. The topological polar surface area (TPSA) is 34.9 Å². The van der Waals surface area contributed by atoms with Crippen LogP contribution in [0.3, 0.4) is 0 Å². The van der Waals surface area contributed by atoms with Gasteiger partial charge in [-0.05, 0) is 31.7 Å². The van der Waals surface area contributed by atoms with E-state index < -0.39 is 0 Å². The van der Waals surface area contributed by atoms with Gasteiger partial charge in [0.05, 0.1) is 17.0 Å². The normalized spacial score (nSPS) is 17.4. The van der Waals surface area contributed by atoms with Gasteiger partial charge in [-0.2, -0.15) is 0 Å². The van der Waals surface area contributed by atoms with E-state index in [4.69, 9.17) is 11.4 Å². The molecule has 2 aliphatic rings. The fourth-order valence-corrected chi connectivity index (χ4v) is 5.45. The summed E-state index contributed by atoms with van der Waals surface area (Å²) in [6.07, 6.45) is 12.2. The van der Waals surface area contributed by atoms with Gasteiger partial charge in [0, 0.05) is 17.5 Å². The number of benzene rings is 1. The van der Waals surface area contributed by atoms with E-state index in [0.717, 1.165) is 41.2 Å². The number of terminal acetylenes is 1. The van der Waals surface area contributed by atoms with Crippen LogP contribution in [0.15, 0.2) is 34.2 Å². The Bertz CT molecular complexity index is 932. The van der Waals surface area contributed by atoms with Crippen LogP contribution in [0, 0.1) is 12.3 Å². The fourth-order valence-electron chi connectivity index (χ4n) is 4.72. The van der Waals surface area contributed by atoms with Crippen molar-refractivity contribution in [3.63, 3.8) is 0 Å². The maximum Gasteiger partial charge on any atom is 0.258 e. The van der Waals surface area contributed by atoms with Crippen LogP contribution in [0.25, 0.3) is 11.3 Å². The summed E-state index contributed by atoms with van der Waals surface area (Å²) in [5.74, 6) is 3.18. The lowest BCUT2D eigenvalue weighted by molar-refractivity contribution is 0.282. The van der Waals surface area contributed by atoms with Crippen LogP contribution in [0.4, 0.5) is 0 Å². The van der Waals surface area contributed by atoms with Gasteiger partial charge < -0.3 is 0 Å². The molecular formula is C22H24N2OS. The maximum absolute atomic E-state index is 13.6. The smallest absolute Gasteiger partial charge is 0.258 e. The zero-order chi connectivity index (χ0) is 18.1. The third-order valence-corrected chi connectivity index (χ3v) is 6.76. The second-order valence-corrected chi connectivity index (χ2v) is 8.28. The lowest BCUT2D eigenvalue weighted by Gasteiger charge is -2.42. The van der Waals surface area contributed by atoms with Crippen molar-refractivity contribution in [2.45, 2.75) is 62.6 Å². The highest BCUT2D eigenvalue weighted by molar-refractivity contribution is 7.99. The van der Waals surface area contributed by atoms with Gasteiger partial charge >= 0.3 is 0 Å². The van der Waals surface area contributed by atoms with E-state index in [1.807, 2.05) is 17.6 Å². The number of thioether (sulfide) groups is 1. The molecule has 0 amide bonds. The van der Waals surface area contributed by atoms with Gasteiger partial charge in [-0.15, -0.1) is 6.42 Å². The summed E-state index contributed by atoms with van der Waals surface area (Å²) >= 11 is 1.48. The molecule has 26 heavy (non-hydrogen) atoms. The first-order valence-electron chi connectivity index (χ1n) is 9.50. The predicted molar refractivity (Wildman–Crippen MR) is 108 cm³/mol. The monoisotopic (exact) mass is 364 g/mol. The van der Waals surface area contributed by atoms with E-state index in [2.05, 4.69) is 24.1 Å². The molecule has 1 fully saturated rings. The quantitative estimate of drug-likeness (QED) is 0.460. The molecule has 2 aliphatic carbocycles. The Labute approximate surface area is 159 Å². The first-order chi connectivity index (χ1) is 12.7. The summed E-state index contributed by atoms with van der Waals surface area (Å²) in [5, 5.41) is 0.747. The molecule has 4 rings (SSSR count). The van der Waals surface area contributed by atoms with Crippen molar-refractivity contribution in [2.24, 2.45) is 0 Å². The molecule has 134 valence electrons. The van der Waals surface area contributed by atoms with Gasteiger partial charge in [0.25, 0.3) is 5.56 Å². The molecule has 1 aromatic heterocycles. The van der Waals surface area contributed by atoms with Crippen molar-refractivity contribution in [3.05, 3.63) is 45.7 Å². The molecule has 0 aliphatic heterocycles. The number of rotatable bonds is 3. The lowest BCUT2D eigenvalue weighted by atomic mass is 9.62. The standard InChI is InChI=1S/C22H24N2OS/c1-3-14-26-21-23-19-17-11-7-6-10-16(17)15-22(12-8-5-9-13-22)18(19)20(25)24(21)4-2/h1,6-7,10-11H,4-5,8-9,12-15H2,2H3. The second-order valence-electron chi connectivity index (χ2n) is 7.34. The van der Waals surface area contributed by atoms with Gasteiger partial charge in [-0.1, -0.05) is 61.2 Å². The minimum Gasteiger partial charge on any atom is -0.288 e. The highest BCUT2D eigenvalue weighted by Crippen LogP contribution is 2.48. The average molecular weight is 365 g/mol. The summed E-state index contributed by atoms with van der Waals surface area (Å²) in [6.45, 7) is 2.64. The van der Waals surface area contributed by atoms with E-state index >= 15 is 0 Å². The summed E-state index contributed by atoms with van der Waals surface area (Å²) < 4.78 is 1.82. The van der Waals surface area contributed by atoms with E-state index in [1.165, 1.54) is 36.6 Å². The lowest BCUT2D eigenvalue weighted by Crippen LogP contribution is -2.43. The highest BCUT2D eigenvalue weighted by atomic mass is 32.2. The highest BCUT2D eigenvalue weighted by Gasteiger charge is 2.43. The first-order valence-corrected chi connectivity index (χ1v) is 10.5. The van der Waals surface area contributed by atoms with Crippen LogP contribution in [0.1, 0.15) is 50.2 Å². The summed E-state index contributed by atoms with van der Waals surface area (Å²) in [4.78, 5) is 18.6. The number of hydrogen-bond donors (Lipinski definition) is 0. The van der Waals surface area contributed by atoms with Crippen molar-refractivity contribution >= 4 is 11.8 Å². The molecule has 1 saturated carbocycles. The fraction of sp³-hybridized carbons (Fsp3) is 0.455. The zero-order valence-electron chi connectivity index (χ0n) is 15.3. The summed E-state index contributed by atoms with van der Waals surface area (Å²) in [5.41, 5.74) is 4.43. The molecule has 0 radical (unpaired) electrons. The van der Waals surface area contributed by atoms with Crippen LogP contribution in [0.2, 0.25) is 0 Å². The van der Waals surface area contributed by atoms with Crippen LogP contribution in [-0.4, -0.2) is 15.3 Å². The van der Waals surface area contributed by atoms with Gasteiger partial charge in [0.15, 0.2) is 5.16 Å². The second kappa shape index (κ2) is 6.96. The number of nitrogens with zero attached hydrogens (tertiary/aromatic N) is 2. The predicted octanol–water partition coefficient (Wildman–Crippen LogP) is 4.41. The van der Waals surface area contributed by atoms with Crippen LogP contribution >= 0.6 is 11.8 Å². The van der Waals surface area contributed by atoms with Crippen LogP contribution in [0.5, 0.6) is 0 Å². The molecule has 1 heterocycles. The molecule has 0 bridgehead atoms. The van der Waals surface area contributed by atoms with E-state index in [-0.39, 0.29) is 11.0 Å². The molecular weight excluding hydrogens is 340 g/mol. The molecule has 1 aromatic carbocycles. The molecule has 0 N–H and O–H groups in total. The van der Waals surface area contributed by atoms with Crippen molar-refractivity contribution in [2.75, 3.05) is 5.75 Å². The SMILES string of the molecule is C#CCSc1nc2c(c(=O)n1CC)C1(CCCCC1)Cc1ccccc1-2. The molecule has 3 nitrogen and oxygen atoms in total. The molecule has 0 atom stereocenters. The number of fused-ring (bicyclic) bond motifs is 4. The van der Waals surface area contributed by atoms with Gasteiger partial charge in [-0.25, -0.2) is 4.98 Å². The maximum atomic E-state index is 13.6. The molecule has 4 heteroatoms. The van der Waals surface area contributed by atoms with Crippen molar-refractivity contribution < 1.29 is 0 Å². The Morgan fingerprint density at radius 3 is 2.77 bits per heavy atom. The van der Waals surface area contributed by atoms with E-state index in [9.17, 15) is 4.79 Å². The minimum atomic E-state index is -0.0434. The van der Waals surface area contributed by atoms with Gasteiger partial charge in [0.1, 0.15) is 0 Å². The average Bonchev–Trinajstić information content (AvgIpc) is 2.66. The Balaban J connectivity index is 2.00. The largest absolute Gasteiger partial charge is 0.288 e. The van der Waals surface area contributed by atoms with E-state index in [0.29, 0.717) is 12.3 Å². The molecule has 0 unspecified atom stereocenters. The summed E-state index contributed by atoms with van der Waals surface area (Å²) in [6, 6.07) is 8.46.